The van der Waals surface area contributed by atoms with E-state index in [9.17, 15) is 18.8 Å². The minimum atomic E-state index is -0.656. The SMILES string of the molecule is O=C(COC(=O)CCC(=O)c1ccccc1)Nc1ccc(F)c(Cl)c1. The molecule has 0 fully saturated rings. The van der Waals surface area contributed by atoms with Gasteiger partial charge in [-0.15, -0.1) is 0 Å². The molecule has 0 spiro atoms. The lowest BCUT2D eigenvalue weighted by Crippen LogP contribution is -2.21. The molecule has 0 atom stereocenters. The number of ketones is 1. The van der Waals surface area contributed by atoms with E-state index < -0.39 is 24.3 Å². The Balaban J connectivity index is 1.73. The van der Waals surface area contributed by atoms with E-state index in [0.29, 0.717) is 5.56 Å². The predicted octanol–water partition coefficient (Wildman–Crippen LogP) is 3.62. The number of hydrogen-bond donors (Lipinski definition) is 1. The monoisotopic (exact) mass is 363 g/mol. The number of benzene rings is 2. The molecule has 0 aliphatic carbocycles. The van der Waals surface area contributed by atoms with Gasteiger partial charge in [-0.3, -0.25) is 14.4 Å². The van der Waals surface area contributed by atoms with E-state index >= 15 is 0 Å². The van der Waals surface area contributed by atoms with E-state index in [1.165, 1.54) is 12.1 Å². The molecule has 5 nitrogen and oxygen atoms in total. The van der Waals surface area contributed by atoms with E-state index in [2.05, 4.69) is 5.32 Å². The van der Waals surface area contributed by atoms with E-state index in [1.807, 2.05) is 0 Å². The number of nitrogens with one attached hydrogen (secondary N) is 1. The van der Waals surface area contributed by atoms with Crippen LogP contribution in [0.1, 0.15) is 23.2 Å². The molecular formula is C18H15ClFNO4. The number of amides is 1. The Morgan fingerprint density at radius 1 is 1.04 bits per heavy atom. The van der Waals surface area contributed by atoms with Crippen molar-refractivity contribution in [2.45, 2.75) is 12.8 Å². The molecule has 1 amide bonds. The zero-order valence-electron chi connectivity index (χ0n) is 13.1. The third kappa shape index (κ3) is 6.00. The van der Waals surface area contributed by atoms with Crippen LogP contribution >= 0.6 is 11.6 Å². The maximum Gasteiger partial charge on any atom is 0.306 e. The molecule has 0 radical (unpaired) electrons. The van der Waals surface area contributed by atoms with Crippen LogP contribution in [0.5, 0.6) is 0 Å². The molecular weight excluding hydrogens is 349 g/mol. The van der Waals surface area contributed by atoms with Crippen molar-refractivity contribution in [2.75, 3.05) is 11.9 Å². The van der Waals surface area contributed by atoms with Crippen LogP contribution in [-0.4, -0.2) is 24.3 Å². The summed E-state index contributed by atoms with van der Waals surface area (Å²) in [6.45, 7) is -0.507. The molecule has 2 aromatic rings. The number of esters is 1. The zero-order chi connectivity index (χ0) is 18.2. The van der Waals surface area contributed by atoms with Crippen molar-refractivity contribution in [1.82, 2.24) is 0 Å². The lowest BCUT2D eigenvalue weighted by atomic mass is 10.1. The number of carbonyl (C=O) groups excluding carboxylic acids is 3. The Labute approximate surface area is 148 Å². The second kappa shape index (κ2) is 8.94. The summed E-state index contributed by atoms with van der Waals surface area (Å²) in [6.07, 6.45) is -0.124. The zero-order valence-corrected chi connectivity index (χ0v) is 13.9. The summed E-state index contributed by atoms with van der Waals surface area (Å²) < 4.78 is 17.8. The van der Waals surface area contributed by atoms with Gasteiger partial charge in [-0.2, -0.15) is 0 Å². The van der Waals surface area contributed by atoms with E-state index in [4.69, 9.17) is 16.3 Å². The van der Waals surface area contributed by atoms with Gasteiger partial charge in [0.15, 0.2) is 12.4 Å². The standard InChI is InChI=1S/C18H15ClFNO4/c19-14-10-13(6-7-15(14)20)21-17(23)11-25-18(24)9-8-16(22)12-4-2-1-3-5-12/h1-7,10H,8-9,11H2,(H,21,23). The lowest BCUT2D eigenvalue weighted by Gasteiger charge is -2.07. The maximum atomic E-state index is 13.0. The molecule has 1 N–H and O–H groups in total. The average molecular weight is 364 g/mol. The summed E-state index contributed by atoms with van der Waals surface area (Å²) in [6, 6.07) is 12.3. The molecule has 0 aliphatic rings. The van der Waals surface area contributed by atoms with Gasteiger partial charge in [-0.25, -0.2) is 4.39 Å². The normalized spacial score (nSPS) is 10.2. The highest BCUT2D eigenvalue weighted by atomic mass is 35.5. The fourth-order valence-electron chi connectivity index (χ4n) is 1.97. The number of Topliss-reactive ketones (excluding diaryl/α,β-unsaturated/α-hetero) is 1. The van der Waals surface area contributed by atoms with Crippen LogP contribution in [0, 0.1) is 5.82 Å². The topological polar surface area (TPSA) is 72.5 Å². The molecule has 0 unspecified atom stereocenters. The summed E-state index contributed by atoms with van der Waals surface area (Å²) in [4.78, 5) is 35.1. The first-order chi connectivity index (χ1) is 12.0. The molecule has 0 aromatic heterocycles. The Morgan fingerprint density at radius 3 is 2.44 bits per heavy atom. The summed E-state index contributed by atoms with van der Waals surface area (Å²) in [7, 11) is 0. The Kier molecular flexibility index (Phi) is 6.65. The smallest absolute Gasteiger partial charge is 0.306 e. The Morgan fingerprint density at radius 2 is 1.76 bits per heavy atom. The van der Waals surface area contributed by atoms with Crippen molar-refractivity contribution in [3.05, 3.63) is 64.9 Å². The van der Waals surface area contributed by atoms with Gasteiger partial charge in [-0.1, -0.05) is 41.9 Å². The second-order valence-electron chi connectivity index (χ2n) is 5.13. The molecule has 130 valence electrons. The highest BCUT2D eigenvalue weighted by Crippen LogP contribution is 2.19. The van der Waals surface area contributed by atoms with Gasteiger partial charge in [0.1, 0.15) is 5.82 Å². The lowest BCUT2D eigenvalue weighted by molar-refractivity contribution is -0.147. The Hall–Kier alpha value is -2.73. The van der Waals surface area contributed by atoms with E-state index in [0.717, 1.165) is 6.07 Å². The summed E-state index contributed by atoms with van der Waals surface area (Å²) in [5.74, 6) is -2.03. The predicted molar refractivity (Wildman–Crippen MR) is 91.0 cm³/mol. The van der Waals surface area contributed by atoms with Crippen LogP contribution in [0.15, 0.2) is 48.5 Å². The quantitative estimate of drug-likeness (QED) is 0.602. The molecule has 7 heteroatoms. The molecule has 0 aliphatic heterocycles. The third-order valence-corrected chi connectivity index (χ3v) is 3.51. The highest BCUT2D eigenvalue weighted by molar-refractivity contribution is 6.31. The molecule has 0 heterocycles. The van der Waals surface area contributed by atoms with Crippen LogP contribution < -0.4 is 5.32 Å². The number of anilines is 1. The minimum absolute atomic E-state index is 0.00195. The van der Waals surface area contributed by atoms with Crippen molar-refractivity contribution in [3.63, 3.8) is 0 Å². The van der Waals surface area contributed by atoms with Crippen LogP contribution in [0.2, 0.25) is 5.02 Å². The largest absolute Gasteiger partial charge is 0.456 e. The van der Waals surface area contributed by atoms with Crippen molar-refractivity contribution >= 4 is 34.9 Å². The van der Waals surface area contributed by atoms with Gasteiger partial charge in [0.25, 0.3) is 5.91 Å². The fourth-order valence-corrected chi connectivity index (χ4v) is 2.15. The highest BCUT2D eigenvalue weighted by Gasteiger charge is 2.12. The molecule has 25 heavy (non-hydrogen) atoms. The minimum Gasteiger partial charge on any atom is -0.456 e. The first-order valence-electron chi connectivity index (χ1n) is 7.44. The number of carbonyl (C=O) groups is 3. The second-order valence-corrected chi connectivity index (χ2v) is 5.53. The Bertz CT molecular complexity index is 780. The molecule has 2 aromatic carbocycles. The van der Waals surface area contributed by atoms with Gasteiger partial charge < -0.3 is 10.1 Å². The average Bonchev–Trinajstić information content (AvgIpc) is 2.61. The van der Waals surface area contributed by atoms with Gasteiger partial charge in [0.2, 0.25) is 0 Å². The van der Waals surface area contributed by atoms with Crippen LogP contribution in [0.3, 0.4) is 0 Å². The number of halogens is 2. The van der Waals surface area contributed by atoms with Crippen molar-refractivity contribution in [3.8, 4) is 0 Å². The van der Waals surface area contributed by atoms with Gasteiger partial charge >= 0.3 is 5.97 Å². The maximum absolute atomic E-state index is 13.0. The molecule has 0 saturated heterocycles. The first kappa shape index (κ1) is 18.6. The van der Waals surface area contributed by atoms with Gasteiger partial charge in [0.05, 0.1) is 11.4 Å². The summed E-state index contributed by atoms with van der Waals surface area (Å²) >= 11 is 5.60. The van der Waals surface area contributed by atoms with Gasteiger partial charge in [0, 0.05) is 17.7 Å². The molecule has 0 bridgehead atoms. The molecule has 0 saturated carbocycles. The summed E-state index contributed by atoms with van der Waals surface area (Å²) in [5.41, 5.74) is 0.799. The first-order valence-corrected chi connectivity index (χ1v) is 7.82. The van der Waals surface area contributed by atoms with Crippen LogP contribution in [0.25, 0.3) is 0 Å². The number of hydrogen-bond acceptors (Lipinski definition) is 4. The van der Waals surface area contributed by atoms with E-state index in [-0.39, 0.29) is 29.3 Å². The van der Waals surface area contributed by atoms with Crippen molar-refractivity contribution < 1.29 is 23.5 Å². The third-order valence-electron chi connectivity index (χ3n) is 3.22. The van der Waals surface area contributed by atoms with E-state index in [1.54, 1.807) is 30.3 Å². The number of rotatable bonds is 7. The summed E-state index contributed by atoms with van der Waals surface area (Å²) in [5, 5.41) is 2.29. The van der Waals surface area contributed by atoms with Crippen LogP contribution in [0.4, 0.5) is 10.1 Å². The fraction of sp³-hybridized carbons (Fsp3) is 0.167. The van der Waals surface area contributed by atoms with Crippen LogP contribution in [-0.2, 0) is 14.3 Å². The van der Waals surface area contributed by atoms with Gasteiger partial charge in [-0.05, 0) is 18.2 Å². The molecule has 2 rings (SSSR count). The van der Waals surface area contributed by atoms with Crippen molar-refractivity contribution in [1.29, 1.82) is 0 Å². The number of ether oxygens (including phenoxy) is 1. The van der Waals surface area contributed by atoms with Crippen molar-refractivity contribution in [2.24, 2.45) is 0 Å².